The van der Waals surface area contributed by atoms with E-state index >= 15 is 0 Å². The van der Waals surface area contributed by atoms with E-state index in [9.17, 15) is 4.79 Å². The van der Waals surface area contributed by atoms with Crippen LogP contribution in [0.3, 0.4) is 0 Å². The summed E-state index contributed by atoms with van der Waals surface area (Å²) >= 11 is 0. The van der Waals surface area contributed by atoms with Crippen LogP contribution >= 0.6 is 0 Å². The zero-order valence-corrected chi connectivity index (χ0v) is 8.51. The lowest BCUT2D eigenvalue weighted by atomic mass is 10.1. The number of nitrogens with one attached hydrogen (secondary N) is 2. The minimum Gasteiger partial charge on any atom is -0.454 e. The fraction of sp³-hybridized carbons (Fsp3) is 0.778. The van der Waals surface area contributed by atoms with Gasteiger partial charge in [0, 0.05) is 6.54 Å². The molecule has 0 aliphatic heterocycles. The zero-order valence-electron chi connectivity index (χ0n) is 8.51. The topological polar surface area (TPSA) is 88.2 Å². The summed E-state index contributed by atoms with van der Waals surface area (Å²) in [6.07, 6.45) is 3.49. The van der Waals surface area contributed by atoms with Gasteiger partial charge in [-0.3, -0.25) is 5.41 Å². The Morgan fingerprint density at radius 3 is 2.86 bits per heavy atom. The van der Waals surface area contributed by atoms with Crippen LogP contribution in [0.2, 0.25) is 0 Å². The van der Waals surface area contributed by atoms with Gasteiger partial charge in [0.25, 0.3) is 0 Å². The Balaban J connectivity index is 3.32. The molecule has 14 heavy (non-hydrogen) atoms. The summed E-state index contributed by atoms with van der Waals surface area (Å²) in [5.74, 6) is -0.00508. The van der Waals surface area contributed by atoms with E-state index in [0.29, 0.717) is 6.54 Å². The first-order valence-corrected chi connectivity index (χ1v) is 4.81. The minimum absolute atomic E-state index is 0.00508. The molecule has 81 valence electrons. The highest BCUT2D eigenvalue weighted by Gasteiger charge is 2.05. The Kier molecular flexibility index (Phi) is 7.59. The molecule has 0 fully saturated rings. The second kappa shape index (κ2) is 8.34. The molecule has 0 rings (SSSR count). The summed E-state index contributed by atoms with van der Waals surface area (Å²) < 4.78 is 4.73. The molecule has 5 heteroatoms. The van der Waals surface area contributed by atoms with E-state index in [2.05, 4.69) is 5.32 Å². The molecule has 0 aromatic heterocycles. The Morgan fingerprint density at radius 1 is 1.64 bits per heavy atom. The Bertz CT molecular complexity index is 173. The van der Waals surface area contributed by atoms with Crippen LogP contribution in [0.1, 0.15) is 32.6 Å². The van der Waals surface area contributed by atoms with E-state index in [1.165, 1.54) is 6.47 Å². The molecule has 0 aliphatic rings. The quantitative estimate of drug-likeness (QED) is 0.302. The fourth-order valence-corrected chi connectivity index (χ4v) is 1.13. The van der Waals surface area contributed by atoms with Gasteiger partial charge in [-0.25, -0.2) is 4.79 Å². The maximum absolute atomic E-state index is 9.95. The molecule has 1 radical (unpaired) electrons. The predicted molar refractivity (Wildman–Crippen MR) is 54.6 cm³/mol. The van der Waals surface area contributed by atoms with Gasteiger partial charge in [0.2, 0.25) is 0 Å². The number of rotatable bonds is 8. The summed E-state index contributed by atoms with van der Waals surface area (Å²) in [5.41, 5.74) is 5.10. The van der Waals surface area contributed by atoms with E-state index in [1.807, 2.05) is 6.92 Å². The molecule has 0 aliphatic carbocycles. The number of guanidine groups is 1. The third-order valence-electron chi connectivity index (χ3n) is 1.94. The standard InChI is InChI=1S/C9H18N3O2/c1-2-8(14-7-13)5-3-4-6-12-9(10)11/h8H,2-6H2,1H3,(H4,10,11,12). The van der Waals surface area contributed by atoms with Gasteiger partial charge >= 0.3 is 6.47 Å². The van der Waals surface area contributed by atoms with Crippen LogP contribution < -0.4 is 11.1 Å². The summed E-state index contributed by atoms with van der Waals surface area (Å²) in [6, 6.07) is 0. The largest absolute Gasteiger partial charge is 0.454 e. The van der Waals surface area contributed by atoms with E-state index in [1.54, 1.807) is 0 Å². The summed E-state index contributed by atoms with van der Waals surface area (Å²) in [5, 5.41) is 9.62. The first kappa shape index (κ1) is 12.7. The first-order chi connectivity index (χ1) is 6.70. The van der Waals surface area contributed by atoms with Crippen LogP contribution in [0.5, 0.6) is 0 Å². The highest BCUT2D eigenvalue weighted by atomic mass is 16.5. The van der Waals surface area contributed by atoms with Crippen molar-refractivity contribution in [2.75, 3.05) is 6.54 Å². The molecule has 5 nitrogen and oxygen atoms in total. The van der Waals surface area contributed by atoms with E-state index in [-0.39, 0.29) is 12.1 Å². The summed E-state index contributed by atoms with van der Waals surface area (Å²) in [6.45, 7) is 4.12. The lowest BCUT2D eigenvalue weighted by Crippen LogP contribution is -2.30. The van der Waals surface area contributed by atoms with Gasteiger partial charge in [-0.1, -0.05) is 6.92 Å². The first-order valence-electron chi connectivity index (χ1n) is 4.81. The molecule has 0 spiro atoms. The molecule has 1 atom stereocenters. The van der Waals surface area contributed by atoms with Crippen LogP contribution in [0, 0.1) is 5.41 Å². The summed E-state index contributed by atoms with van der Waals surface area (Å²) in [7, 11) is 0. The lowest BCUT2D eigenvalue weighted by Gasteiger charge is -2.11. The average Bonchev–Trinajstić information content (AvgIpc) is 2.15. The SMILES string of the molecule is CCC(CCCCNC(=N)N)O[C]=O. The second-order valence-electron chi connectivity index (χ2n) is 3.07. The Morgan fingerprint density at radius 2 is 2.36 bits per heavy atom. The van der Waals surface area contributed by atoms with Crippen molar-refractivity contribution in [3.05, 3.63) is 0 Å². The van der Waals surface area contributed by atoms with Gasteiger partial charge in [0.05, 0.1) is 0 Å². The van der Waals surface area contributed by atoms with E-state index in [0.717, 1.165) is 25.7 Å². The van der Waals surface area contributed by atoms with Gasteiger partial charge in [0.1, 0.15) is 6.10 Å². The molecule has 0 saturated heterocycles. The molecule has 1 unspecified atom stereocenters. The van der Waals surface area contributed by atoms with Crippen LogP contribution in [0.25, 0.3) is 0 Å². The number of unbranched alkanes of at least 4 members (excludes halogenated alkanes) is 1. The van der Waals surface area contributed by atoms with Crippen LogP contribution in [-0.4, -0.2) is 25.1 Å². The van der Waals surface area contributed by atoms with Gasteiger partial charge in [-0.2, -0.15) is 0 Å². The predicted octanol–water partition coefficient (Wildman–Crippen LogP) is 0.502. The van der Waals surface area contributed by atoms with Crippen LogP contribution in [-0.2, 0) is 9.53 Å². The van der Waals surface area contributed by atoms with Crippen molar-refractivity contribution in [2.24, 2.45) is 5.73 Å². The molecule has 0 saturated carbocycles. The van der Waals surface area contributed by atoms with Gasteiger partial charge in [0.15, 0.2) is 5.96 Å². The van der Waals surface area contributed by atoms with Crippen molar-refractivity contribution < 1.29 is 9.53 Å². The maximum Gasteiger partial charge on any atom is 0.417 e. The monoisotopic (exact) mass is 200 g/mol. The number of ether oxygens (including phenoxy) is 1. The minimum atomic E-state index is -0.0233. The smallest absolute Gasteiger partial charge is 0.417 e. The molecule has 0 bridgehead atoms. The molecule has 0 aromatic rings. The van der Waals surface area contributed by atoms with Gasteiger partial charge in [-0.15, -0.1) is 0 Å². The van der Waals surface area contributed by atoms with Gasteiger partial charge in [-0.05, 0) is 25.7 Å². The van der Waals surface area contributed by atoms with Crippen LogP contribution in [0.15, 0.2) is 0 Å². The molecule has 0 heterocycles. The third-order valence-corrected chi connectivity index (χ3v) is 1.94. The number of nitrogens with two attached hydrogens (primary N) is 1. The van der Waals surface area contributed by atoms with Crippen molar-refractivity contribution in [1.29, 1.82) is 5.41 Å². The molecule has 0 aromatic carbocycles. The zero-order chi connectivity index (χ0) is 10.8. The Hall–Kier alpha value is -1.26. The van der Waals surface area contributed by atoms with Crippen molar-refractivity contribution in [2.45, 2.75) is 38.7 Å². The van der Waals surface area contributed by atoms with Crippen molar-refractivity contribution in [1.82, 2.24) is 5.32 Å². The molecule has 0 amide bonds. The highest BCUT2D eigenvalue weighted by molar-refractivity contribution is 5.74. The van der Waals surface area contributed by atoms with Gasteiger partial charge < -0.3 is 15.8 Å². The third kappa shape index (κ3) is 7.39. The fourth-order valence-electron chi connectivity index (χ4n) is 1.13. The summed E-state index contributed by atoms with van der Waals surface area (Å²) in [4.78, 5) is 9.95. The number of hydrogen-bond donors (Lipinski definition) is 3. The van der Waals surface area contributed by atoms with E-state index in [4.69, 9.17) is 15.9 Å². The second-order valence-corrected chi connectivity index (χ2v) is 3.07. The number of carbonyl (C=O) groups excluding carboxylic acids is 1. The van der Waals surface area contributed by atoms with Crippen LogP contribution in [0.4, 0.5) is 0 Å². The van der Waals surface area contributed by atoms with Crippen molar-refractivity contribution >= 4 is 12.4 Å². The highest BCUT2D eigenvalue weighted by Crippen LogP contribution is 2.06. The molecular formula is C9H18N3O2. The van der Waals surface area contributed by atoms with Crippen molar-refractivity contribution in [3.63, 3.8) is 0 Å². The normalized spacial score (nSPS) is 11.8. The van der Waals surface area contributed by atoms with E-state index < -0.39 is 0 Å². The Labute approximate surface area is 84.5 Å². The molecular weight excluding hydrogens is 182 g/mol. The maximum atomic E-state index is 9.95. The lowest BCUT2D eigenvalue weighted by molar-refractivity contribution is 0.160. The average molecular weight is 200 g/mol. The molecule has 4 N–H and O–H groups in total. The number of hydrogen-bond acceptors (Lipinski definition) is 3. The van der Waals surface area contributed by atoms with Crippen molar-refractivity contribution in [3.8, 4) is 0 Å².